The number of benzene rings is 4. The average Bonchev–Trinajstić information content (AvgIpc) is 3.51. The smallest absolute Gasteiger partial charge is 0.160 e. The Labute approximate surface area is 265 Å². The standard InChI is InChI=1S/C41H28N4O/c1-3-5-12-26(4-2)33-25-34(45-41(44-33)29-13-7-6-8-14-29)31-17-10-19-36-38(31)37-30(16-9-18-35(37)46-36)32-23-22-28-21-20-27-15-11-24-42-39(27)40(28)43-32/h3-25H,1H2,2H3/b12-5-,26-4+. The highest BCUT2D eigenvalue weighted by molar-refractivity contribution is 6.17. The second-order valence-electron chi connectivity index (χ2n) is 11.0. The van der Waals surface area contributed by atoms with Gasteiger partial charge in [0, 0.05) is 44.4 Å². The maximum atomic E-state index is 6.48. The van der Waals surface area contributed by atoms with Gasteiger partial charge in [-0.05, 0) is 42.8 Å². The van der Waals surface area contributed by atoms with Gasteiger partial charge in [0.15, 0.2) is 5.82 Å². The van der Waals surface area contributed by atoms with E-state index in [1.54, 1.807) is 6.08 Å². The van der Waals surface area contributed by atoms with Crippen LogP contribution >= 0.6 is 0 Å². The molecule has 8 aromatic rings. The third kappa shape index (κ3) is 4.66. The molecule has 0 radical (unpaired) electrons. The van der Waals surface area contributed by atoms with Gasteiger partial charge in [0.05, 0.1) is 28.1 Å². The summed E-state index contributed by atoms with van der Waals surface area (Å²) in [6, 6.07) is 36.8. The van der Waals surface area contributed by atoms with Crippen molar-refractivity contribution < 1.29 is 4.42 Å². The van der Waals surface area contributed by atoms with Gasteiger partial charge >= 0.3 is 0 Å². The third-order valence-corrected chi connectivity index (χ3v) is 8.28. The van der Waals surface area contributed by atoms with Crippen molar-refractivity contribution in [1.29, 1.82) is 0 Å². The molecular formula is C41H28N4O. The number of hydrogen-bond donors (Lipinski definition) is 0. The van der Waals surface area contributed by atoms with Gasteiger partial charge in [-0.3, -0.25) is 4.98 Å². The monoisotopic (exact) mass is 592 g/mol. The van der Waals surface area contributed by atoms with Crippen LogP contribution in [-0.2, 0) is 0 Å². The maximum absolute atomic E-state index is 6.48. The molecule has 0 bridgehead atoms. The van der Waals surface area contributed by atoms with Gasteiger partial charge in [-0.15, -0.1) is 0 Å². The molecule has 0 aliphatic heterocycles. The second kappa shape index (κ2) is 11.4. The minimum atomic E-state index is 0.653. The normalized spacial score (nSPS) is 12.2. The van der Waals surface area contributed by atoms with E-state index >= 15 is 0 Å². The summed E-state index contributed by atoms with van der Waals surface area (Å²) in [5, 5.41) is 4.09. The fraction of sp³-hybridized carbons (Fsp3) is 0.0244. The SMILES string of the molecule is C=C/C=C\C(=C/C)c1cc(-c2cccc3oc4cccc(-c5ccc6ccc7cccnc7c6n5)c4c23)nc(-c2ccccc2)n1. The summed E-state index contributed by atoms with van der Waals surface area (Å²) in [5.74, 6) is 0.653. The van der Waals surface area contributed by atoms with E-state index < -0.39 is 0 Å². The average molecular weight is 593 g/mol. The van der Waals surface area contributed by atoms with E-state index in [0.29, 0.717) is 5.82 Å². The second-order valence-corrected chi connectivity index (χ2v) is 11.0. The summed E-state index contributed by atoms with van der Waals surface area (Å²) in [6.07, 6.45) is 9.58. The molecule has 0 spiro atoms. The first-order chi connectivity index (χ1) is 22.7. The Balaban J connectivity index is 1.40. The van der Waals surface area contributed by atoms with Crippen molar-refractivity contribution in [3.8, 4) is 33.9 Å². The summed E-state index contributed by atoms with van der Waals surface area (Å²) in [4.78, 5) is 20.0. The molecule has 5 nitrogen and oxygen atoms in total. The molecule has 0 unspecified atom stereocenters. The zero-order valence-corrected chi connectivity index (χ0v) is 25.2. The fourth-order valence-electron chi connectivity index (χ4n) is 6.12. The van der Waals surface area contributed by atoms with Crippen molar-refractivity contribution in [3.63, 3.8) is 0 Å². The third-order valence-electron chi connectivity index (χ3n) is 8.28. The van der Waals surface area contributed by atoms with E-state index in [0.717, 1.165) is 83.1 Å². The molecule has 0 fully saturated rings. The lowest BCUT2D eigenvalue weighted by Crippen LogP contribution is -1.98. The predicted octanol–water partition coefficient (Wildman–Crippen LogP) is 10.6. The molecule has 0 aliphatic carbocycles. The summed E-state index contributed by atoms with van der Waals surface area (Å²) < 4.78 is 6.48. The van der Waals surface area contributed by atoms with Crippen molar-refractivity contribution in [1.82, 2.24) is 19.9 Å². The molecule has 5 heteroatoms. The van der Waals surface area contributed by atoms with E-state index in [9.17, 15) is 0 Å². The summed E-state index contributed by atoms with van der Waals surface area (Å²) >= 11 is 0. The maximum Gasteiger partial charge on any atom is 0.160 e. The number of aromatic nitrogens is 4. The van der Waals surface area contributed by atoms with Gasteiger partial charge in [0.1, 0.15) is 11.2 Å². The molecule has 4 heterocycles. The first-order valence-electron chi connectivity index (χ1n) is 15.2. The molecule has 46 heavy (non-hydrogen) atoms. The quantitative estimate of drug-likeness (QED) is 0.142. The molecule has 0 N–H and O–H groups in total. The Hall–Kier alpha value is -6.20. The Morgan fingerprint density at radius 2 is 1.39 bits per heavy atom. The van der Waals surface area contributed by atoms with Gasteiger partial charge in [0.25, 0.3) is 0 Å². The lowest BCUT2D eigenvalue weighted by Gasteiger charge is -2.11. The minimum absolute atomic E-state index is 0.653. The molecule has 8 rings (SSSR count). The lowest BCUT2D eigenvalue weighted by molar-refractivity contribution is 0.669. The molecular weight excluding hydrogens is 564 g/mol. The van der Waals surface area contributed by atoms with Crippen LogP contribution in [0.3, 0.4) is 0 Å². The van der Waals surface area contributed by atoms with Crippen LogP contribution in [0.5, 0.6) is 0 Å². The van der Waals surface area contributed by atoms with Gasteiger partial charge < -0.3 is 4.42 Å². The number of pyridine rings is 2. The van der Waals surface area contributed by atoms with Crippen LogP contribution < -0.4 is 0 Å². The first kappa shape index (κ1) is 27.4. The van der Waals surface area contributed by atoms with Gasteiger partial charge in [-0.25, -0.2) is 15.0 Å². The topological polar surface area (TPSA) is 64.7 Å². The van der Waals surface area contributed by atoms with E-state index in [1.807, 2.05) is 85.9 Å². The molecule has 0 saturated heterocycles. The molecule has 4 aromatic carbocycles. The lowest BCUT2D eigenvalue weighted by atomic mass is 9.97. The zero-order valence-electron chi connectivity index (χ0n) is 25.2. The Morgan fingerprint density at radius 3 is 2.13 bits per heavy atom. The summed E-state index contributed by atoms with van der Waals surface area (Å²) in [7, 11) is 0. The van der Waals surface area contributed by atoms with Crippen LogP contribution in [0, 0.1) is 0 Å². The molecule has 0 saturated carbocycles. The van der Waals surface area contributed by atoms with E-state index in [4.69, 9.17) is 19.4 Å². The van der Waals surface area contributed by atoms with Crippen LogP contribution in [0.25, 0.3) is 83.2 Å². The fourth-order valence-corrected chi connectivity index (χ4v) is 6.12. The van der Waals surface area contributed by atoms with E-state index in [2.05, 4.69) is 66.2 Å². The van der Waals surface area contributed by atoms with Crippen LogP contribution in [0.1, 0.15) is 12.6 Å². The van der Waals surface area contributed by atoms with Crippen molar-refractivity contribution in [2.75, 3.05) is 0 Å². The molecule has 218 valence electrons. The summed E-state index contributed by atoms with van der Waals surface area (Å²) in [6.45, 7) is 5.86. The van der Waals surface area contributed by atoms with Crippen LogP contribution in [0.15, 0.2) is 151 Å². The van der Waals surface area contributed by atoms with E-state index in [-0.39, 0.29) is 0 Å². The van der Waals surface area contributed by atoms with Crippen LogP contribution in [-0.4, -0.2) is 19.9 Å². The van der Waals surface area contributed by atoms with Crippen LogP contribution in [0.4, 0.5) is 0 Å². The summed E-state index contributed by atoms with van der Waals surface area (Å²) in [5.41, 5.74) is 9.69. The van der Waals surface area contributed by atoms with Crippen molar-refractivity contribution in [2.45, 2.75) is 6.92 Å². The number of hydrogen-bond acceptors (Lipinski definition) is 5. The zero-order chi connectivity index (χ0) is 31.0. The molecule has 0 aliphatic rings. The highest BCUT2D eigenvalue weighted by Gasteiger charge is 2.20. The van der Waals surface area contributed by atoms with Crippen LogP contribution in [0.2, 0.25) is 0 Å². The van der Waals surface area contributed by atoms with Crippen molar-refractivity contribution in [3.05, 3.63) is 152 Å². The molecule has 4 aromatic heterocycles. The highest BCUT2D eigenvalue weighted by atomic mass is 16.3. The molecule has 0 atom stereocenters. The minimum Gasteiger partial charge on any atom is -0.456 e. The van der Waals surface area contributed by atoms with Gasteiger partial charge in [-0.1, -0.05) is 110 Å². The predicted molar refractivity (Wildman–Crippen MR) is 189 cm³/mol. The Bertz CT molecular complexity index is 2510. The number of allylic oxidation sites excluding steroid dienone is 5. The first-order valence-corrected chi connectivity index (χ1v) is 15.2. The number of fused-ring (bicyclic) bond motifs is 6. The Morgan fingerprint density at radius 1 is 0.674 bits per heavy atom. The van der Waals surface area contributed by atoms with E-state index in [1.165, 1.54) is 0 Å². The highest BCUT2D eigenvalue weighted by Crippen LogP contribution is 2.41. The van der Waals surface area contributed by atoms with Crippen molar-refractivity contribution >= 4 is 49.3 Å². The van der Waals surface area contributed by atoms with Gasteiger partial charge in [0.2, 0.25) is 0 Å². The number of rotatable bonds is 6. The number of furan rings is 1. The number of nitrogens with zero attached hydrogens (tertiary/aromatic N) is 4. The largest absolute Gasteiger partial charge is 0.456 e. The Kier molecular flexibility index (Phi) is 6.77. The molecule has 0 amide bonds. The van der Waals surface area contributed by atoms with Crippen molar-refractivity contribution in [2.24, 2.45) is 0 Å². The van der Waals surface area contributed by atoms with Gasteiger partial charge in [-0.2, -0.15) is 0 Å².